The fourth-order valence-electron chi connectivity index (χ4n) is 3.60. The Kier molecular flexibility index (Phi) is 7.93. The highest BCUT2D eigenvalue weighted by atomic mass is 79.9. The first-order valence-corrected chi connectivity index (χ1v) is 12.2. The van der Waals surface area contributed by atoms with Crippen LogP contribution in [-0.4, -0.2) is 23.4 Å². The zero-order chi connectivity index (χ0) is 25.7. The summed E-state index contributed by atoms with van der Waals surface area (Å²) in [6, 6.07) is 19.3. The predicted molar refractivity (Wildman–Crippen MR) is 139 cm³/mol. The van der Waals surface area contributed by atoms with Gasteiger partial charge in [0.15, 0.2) is 11.5 Å². The van der Waals surface area contributed by atoms with E-state index < -0.39 is 11.9 Å². The third-order valence-corrected chi connectivity index (χ3v) is 6.34. The maximum atomic E-state index is 13.0. The van der Waals surface area contributed by atoms with Crippen LogP contribution in [0.2, 0.25) is 5.02 Å². The number of rotatable bonds is 8. The molecule has 1 N–H and O–H groups in total. The Morgan fingerprint density at radius 3 is 2.53 bits per heavy atom. The Balaban J connectivity index is 1.56. The summed E-state index contributed by atoms with van der Waals surface area (Å²) in [5.74, 6) is 0.509. The Labute approximate surface area is 222 Å². The largest absolute Gasteiger partial charge is 0.490 e. The van der Waals surface area contributed by atoms with Crippen LogP contribution < -0.4 is 14.8 Å². The van der Waals surface area contributed by atoms with Gasteiger partial charge in [-0.25, -0.2) is 4.79 Å². The fourth-order valence-corrected chi connectivity index (χ4v) is 4.16. The minimum atomic E-state index is -0.501. The number of nitrogens with one attached hydrogen (secondary N) is 1. The lowest BCUT2D eigenvalue weighted by Gasteiger charge is -2.15. The summed E-state index contributed by atoms with van der Waals surface area (Å²) in [5.41, 5.74) is 2.84. The van der Waals surface area contributed by atoms with Crippen LogP contribution in [0.4, 0.5) is 4.79 Å². The number of urea groups is 1. The number of nitrogens with zero attached hydrogens (tertiary/aromatic N) is 2. The van der Waals surface area contributed by atoms with Crippen molar-refractivity contribution < 1.29 is 19.1 Å². The molecule has 1 aliphatic heterocycles. The zero-order valence-corrected chi connectivity index (χ0v) is 21.6. The topological polar surface area (TPSA) is 91.7 Å². The van der Waals surface area contributed by atoms with Gasteiger partial charge >= 0.3 is 6.03 Å². The highest BCUT2D eigenvalue weighted by Crippen LogP contribution is 2.36. The van der Waals surface area contributed by atoms with Crippen LogP contribution >= 0.6 is 27.5 Å². The highest BCUT2D eigenvalue weighted by Gasteiger charge is 2.33. The molecule has 0 saturated carbocycles. The first-order chi connectivity index (χ1) is 17.4. The van der Waals surface area contributed by atoms with E-state index in [2.05, 4.69) is 27.3 Å². The molecule has 0 spiro atoms. The summed E-state index contributed by atoms with van der Waals surface area (Å²) in [6.45, 7) is 2.56. The number of imide groups is 1. The summed E-state index contributed by atoms with van der Waals surface area (Å²) < 4.78 is 12.4. The molecule has 1 heterocycles. The summed E-state index contributed by atoms with van der Waals surface area (Å²) in [6.07, 6.45) is 1.59. The van der Waals surface area contributed by atoms with E-state index in [1.54, 1.807) is 54.6 Å². The first kappa shape index (κ1) is 25.3. The molecule has 0 unspecified atom stereocenters. The molecular formula is C27H21BrClN3O4. The lowest BCUT2D eigenvalue weighted by molar-refractivity contribution is -0.123. The van der Waals surface area contributed by atoms with E-state index in [1.807, 2.05) is 19.1 Å². The van der Waals surface area contributed by atoms with Crippen molar-refractivity contribution >= 4 is 45.5 Å². The van der Waals surface area contributed by atoms with Crippen molar-refractivity contribution in [3.05, 3.63) is 98.1 Å². The molecule has 0 aliphatic carbocycles. The number of benzene rings is 3. The minimum Gasteiger partial charge on any atom is -0.490 e. The lowest BCUT2D eigenvalue weighted by atomic mass is 10.1. The van der Waals surface area contributed by atoms with Crippen LogP contribution in [0, 0.1) is 11.3 Å². The Morgan fingerprint density at radius 1 is 1.08 bits per heavy atom. The average molecular weight is 567 g/mol. The van der Waals surface area contributed by atoms with Gasteiger partial charge in [0.05, 0.1) is 24.8 Å². The minimum absolute atomic E-state index is 0.126. The molecular weight excluding hydrogens is 546 g/mol. The number of amides is 3. The SMILES string of the molecule is CCOc1cc(/C=C2\NC(=O)N(Cc3ccc(Cl)cc3)C2=O)c(Br)cc1OCc1ccccc1C#N. The molecule has 3 aromatic rings. The van der Waals surface area contributed by atoms with Crippen molar-refractivity contribution in [2.24, 2.45) is 0 Å². The number of carbonyl (C=O) groups excluding carboxylic acids is 2. The molecule has 0 aromatic heterocycles. The Hall–Kier alpha value is -3.80. The molecule has 1 saturated heterocycles. The van der Waals surface area contributed by atoms with Gasteiger partial charge < -0.3 is 14.8 Å². The van der Waals surface area contributed by atoms with Gasteiger partial charge in [0.25, 0.3) is 5.91 Å². The molecule has 3 amide bonds. The van der Waals surface area contributed by atoms with Gasteiger partial charge in [-0.2, -0.15) is 5.26 Å². The molecule has 4 rings (SSSR count). The third-order valence-electron chi connectivity index (χ3n) is 5.40. The van der Waals surface area contributed by atoms with E-state index in [4.69, 9.17) is 21.1 Å². The number of hydrogen-bond acceptors (Lipinski definition) is 5. The van der Waals surface area contributed by atoms with Crippen molar-refractivity contribution in [2.75, 3.05) is 6.61 Å². The van der Waals surface area contributed by atoms with E-state index in [0.29, 0.717) is 38.7 Å². The van der Waals surface area contributed by atoms with Crippen molar-refractivity contribution in [3.8, 4) is 17.6 Å². The molecule has 3 aromatic carbocycles. The Bertz CT molecular complexity index is 1380. The molecule has 9 heteroatoms. The molecule has 1 fully saturated rings. The van der Waals surface area contributed by atoms with Gasteiger partial charge in [-0.1, -0.05) is 57.9 Å². The normalized spacial score (nSPS) is 14.1. The fraction of sp³-hybridized carbons (Fsp3) is 0.148. The van der Waals surface area contributed by atoms with E-state index in [-0.39, 0.29) is 18.8 Å². The molecule has 0 bridgehead atoms. The monoisotopic (exact) mass is 565 g/mol. The maximum Gasteiger partial charge on any atom is 0.329 e. The van der Waals surface area contributed by atoms with Gasteiger partial charge in [0, 0.05) is 15.1 Å². The average Bonchev–Trinajstić information content (AvgIpc) is 3.13. The van der Waals surface area contributed by atoms with Crippen molar-refractivity contribution in [1.29, 1.82) is 5.26 Å². The van der Waals surface area contributed by atoms with Crippen LogP contribution in [-0.2, 0) is 17.9 Å². The van der Waals surface area contributed by atoms with Crippen molar-refractivity contribution in [3.63, 3.8) is 0 Å². The van der Waals surface area contributed by atoms with Crippen LogP contribution in [0.25, 0.3) is 6.08 Å². The maximum absolute atomic E-state index is 13.0. The van der Waals surface area contributed by atoms with E-state index >= 15 is 0 Å². The molecule has 0 radical (unpaired) electrons. The molecule has 1 aliphatic rings. The highest BCUT2D eigenvalue weighted by molar-refractivity contribution is 9.10. The quantitative estimate of drug-likeness (QED) is 0.265. The number of carbonyl (C=O) groups is 2. The molecule has 7 nitrogen and oxygen atoms in total. The van der Waals surface area contributed by atoms with Gasteiger partial charge in [-0.15, -0.1) is 0 Å². The number of ether oxygens (including phenoxy) is 2. The van der Waals surface area contributed by atoms with Gasteiger partial charge in [0.1, 0.15) is 12.3 Å². The second-order valence-corrected chi connectivity index (χ2v) is 9.11. The standard InChI is InChI=1S/C27H21BrClN3O4/c1-2-35-24-12-20(22(28)13-25(24)36-16-19-6-4-3-5-18(19)14-30)11-23-26(33)32(27(34)31-23)15-17-7-9-21(29)10-8-17/h3-13H,2,15-16H2,1H3,(H,31,34)/b23-11-. The number of nitriles is 1. The Morgan fingerprint density at radius 2 is 1.81 bits per heavy atom. The van der Waals surface area contributed by atoms with Gasteiger partial charge in [-0.3, -0.25) is 9.69 Å². The van der Waals surface area contributed by atoms with E-state index in [9.17, 15) is 14.9 Å². The summed E-state index contributed by atoms with van der Waals surface area (Å²) in [7, 11) is 0. The number of halogens is 2. The second kappa shape index (κ2) is 11.3. The van der Waals surface area contributed by atoms with Crippen LogP contribution in [0.15, 0.2) is 70.8 Å². The first-order valence-electron chi connectivity index (χ1n) is 11.1. The smallest absolute Gasteiger partial charge is 0.329 e. The van der Waals surface area contributed by atoms with Crippen LogP contribution in [0.3, 0.4) is 0 Å². The zero-order valence-electron chi connectivity index (χ0n) is 19.3. The third kappa shape index (κ3) is 5.70. The van der Waals surface area contributed by atoms with Crippen LogP contribution in [0.1, 0.15) is 29.2 Å². The van der Waals surface area contributed by atoms with E-state index in [0.717, 1.165) is 16.0 Å². The van der Waals surface area contributed by atoms with Crippen molar-refractivity contribution in [2.45, 2.75) is 20.1 Å². The number of hydrogen-bond donors (Lipinski definition) is 1. The summed E-state index contributed by atoms with van der Waals surface area (Å²) >= 11 is 9.44. The second-order valence-electron chi connectivity index (χ2n) is 7.82. The molecule has 36 heavy (non-hydrogen) atoms. The summed E-state index contributed by atoms with van der Waals surface area (Å²) in [4.78, 5) is 26.6. The lowest BCUT2D eigenvalue weighted by Crippen LogP contribution is -2.30. The van der Waals surface area contributed by atoms with Crippen LogP contribution in [0.5, 0.6) is 11.5 Å². The van der Waals surface area contributed by atoms with E-state index in [1.165, 1.54) is 0 Å². The molecule has 0 atom stereocenters. The van der Waals surface area contributed by atoms with Gasteiger partial charge in [0.2, 0.25) is 0 Å². The van der Waals surface area contributed by atoms with Crippen molar-refractivity contribution in [1.82, 2.24) is 10.2 Å². The predicted octanol–water partition coefficient (Wildman–Crippen LogP) is 6.04. The molecule has 182 valence electrons. The van der Waals surface area contributed by atoms with Gasteiger partial charge in [-0.05, 0) is 54.5 Å². The summed E-state index contributed by atoms with van der Waals surface area (Å²) in [5, 5.41) is 12.5.